The standard InChI is InChI=1S/C17H22N4O4/c1-5-20-15(23)16(24)21(17(20)25)11-14(22)19(4)10-12-6-8-13(9-7-12)18(2)3/h6-9H,5,10-11H2,1-4H3. The zero-order chi connectivity index (χ0) is 18.7. The number of carbonyl (C=O) groups excluding carboxylic acids is 4. The smallest absolute Gasteiger partial charge is 0.334 e. The van der Waals surface area contributed by atoms with Crippen LogP contribution in [0.2, 0.25) is 0 Å². The molecule has 0 bridgehead atoms. The van der Waals surface area contributed by atoms with Crippen molar-refractivity contribution in [2.24, 2.45) is 0 Å². The van der Waals surface area contributed by atoms with E-state index in [2.05, 4.69) is 0 Å². The number of amides is 5. The van der Waals surface area contributed by atoms with E-state index >= 15 is 0 Å². The highest BCUT2D eigenvalue weighted by Crippen LogP contribution is 2.15. The van der Waals surface area contributed by atoms with Crippen molar-refractivity contribution in [3.63, 3.8) is 0 Å². The summed E-state index contributed by atoms with van der Waals surface area (Å²) in [4.78, 5) is 52.8. The fraction of sp³-hybridized carbons (Fsp3) is 0.412. The van der Waals surface area contributed by atoms with Gasteiger partial charge in [-0.25, -0.2) is 9.69 Å². The van der Waals surface area contributed by atoms with Crippen molar-refractivity contribution >= 4 is 29.4 Å². The Balaban J connectivity index is 1.99. The second-order valence-corrected chi connectivity index (χ2v) is 6.03. The highest BCUT2D eigenvalue weighted by Gasteiger charge is 2.44. The van der Waals surface area contributed by atoms with Crippen molar-refractivity contribution in [1.29, 1.82) is 0 Å². The lowest BCUT2D eigenvalue weighted by Crippen LogP contribution is -2.42. The highest BCUT2D eigenvalue weighted by atomic mass is 16.2. The van der Waals surface area contributed by atoms with Crippen LogP contribution in [-0.4, -0.2) is 72.7 Å². The molecule has 0 spiro atoms. The molecule has 1 aromatic rings. The quantitative estimate of drug-likeness (QED) is 0.554. The monoisotopic (exact) mass is 346 g/mol. The van der Waals surface area contributed by atoms with Gasteiger partial charge in [0.15, 0.2) is 0 Å². The number of benzene rings is 1. The van der Waals surface area contributed by atoms with Crippen molar-refractivity contribution in [3.05, 3.63) is 29.8 Å². The van der Waals surface area contributed by atoms with Crippen molar-refractivity contribution in [1.82, 2.24) is 14.7 Å². The number of hydrogen-bond donors (Lipinski definition) is 0. The third-order valence-corrected chi connectivity index (χ3v) is 4.04. The van der Waals surface area contributed by atoms with Gasteiger partial charge in [-0.2, -0.15) is 0 Å². The predicted octanol–water partition coefficient (Wildman–Crippen LogP) is 0.522. The van der Waals surface area contributed by atoms with E-state index in [9.17, 15) is 19.2 Å². The van der Waals surface area contributed by atoms with E-state index in [1.54, 1.807) is 14.0 Å². The van der Waals surface area contributed by atoms with Crippen molar-refractivity contribution < 1.29 is 19.2 Å². The lowest BCUT2D eigenvalue weighted by atomic mass is 10.2. The summed E-state index contributed by atoms with van der Waals surface area (Å²) in [6.45, 7) is 1.60. The Hall–Kier alpha value is -2.90. The molecule has 0 saturated carbocycles. The lowest BCUT2D eigenvalue weighted by molar-refractivity contribution is -0.144. The maximum atomic E-state index is 12.3. The Morgan fingerprint density at radius 2 is 1.52 bits per heavy atom. The molecule has 1 aliphatic heterocycles. The molecule has 0 atom stereocenters. The molecule has 1 saturated heterocycles. The minimum absolute atomic E-state index is 0.0994. The minimum atomic E-state index is -0.955. The van der Waals surface area contributed by atoms with Gasteiger partial charge in [0, 0.05) is 39.9 Å². The van der Waals surface area contributed by atoms with Gasteiger partial charge in [-0.15, -0.1) is 0 Å². The third kappa shape index (κ3) is 3.78. The Morgan fingerprint density at radius 1 is 0.960 bits per heavy atom. The number of imide groups is 2. The maximum Gasteiger partial charge on any atom is 0.334 e. The topological polar surface area (TPSA) is 81.2 Å². The lowest BCUT2D eigenvalue weighted by Gasteiger charge is -2.21. The van der Waals surface area contributed by atoms with Crippen LogP contribution in [0.3, 0.4) is 0 Å². The number of rotatable bonds is 6. The first kappa shape index (κ1) is 18.4. The van der Waals surface area contributed by atoms with Crippen LogP contribution in [0.1, 0.15) is 12.5 Å². The van der Waals surface area contributed by atoms with E-state index in [1.165, 1.54) is 4.90 Å². The molecule has 0 radical (unpaired) electrons. The molecule has 0 aliphatic carbocycles. The summed E-state index contributed by atoms with van der Waals surface area (Å²) >= 11 is 0. The van der Waals surface area contributed by atoms with Gasteiger partial charge in [0.25, 0.3) is 0 Å². The van der Waals surface area contributed by atoms with Crippen molar-refractivity contribution in [2.75, 3.05) is 39.1 Å². The minimum Gasteiger partial charge on any atom is -0.378 e. The summed E-state index contributed by atoms with van der Waals surface area (Å²) in [5.41, 5.74) is 1.97. The normalized spacial score (nSPS) is 14.3. The van der Waals surface area contributed by atoms with Crippen LogP contribution in [0.25, 0.3) is 0 Å². The van der Waals surface area contributed by atoms with Gasteiger partial charge >= 0.3 is 17.8 Å². The second-order valence-electron chi connectivity index (χ2n) is 6.03. The number of hydrogen-bond acceptors (Lipinski definition) is 5. The van der Waals surface area contributed by atoms with E-state index in [0.717, 1.165) is 16.2 Å². The number of likely N-dealkylation sites (N-methyl/N-ethyl adjacent to an activating group) is 2. The molecule has 1 heterocycles. The van der Waals surface area contributed by atoms with Crippen LogP contribution in [0.5, 0.6) is 0 Å². The van der Waals surface area contributed by atoms with Gasteiger partial charge < -0.3 is 9.80 Å². The first-order chi connectivity index (χ1) is 11.8. The van der Waals surface area contributed by atoms with E-state index in [-0.39, 0.29) is 6.54 Å². The van der Waals surface area contributed by atoms with Crippen LogP contribution in [0.4, 0.5) is 10.5 Å². The molecule has 0 aromatic heterocycles. The number of carbonyl (C=O) groups is 4. The largest absolute Gasteiger partial charge is 0.378 e. The van der Waals surface area contributed by atoms with Crippen LogP contribution >= 0.6 is 0 Å². The number of nitrogens with zero attached hydrogens (tertiary/aromatic N) is 4. The fourth-order valence-electron chi connectivity index (χ4n) is 2.49. The molecular formula is C17H22N4O4. The summed E-state index contributed by atoms with van der Waals surface area (Å²) in [7, 11) is 5.47. The molecule has 5 amide bonds. The Kier molecular flexibility index (Phi) is 5.41. The van der Waals surface area contributed by atoms with Gasteiger partial charge in [0.2, 0.25) is 5.91 Å². The number of anilines is 1. The predicted molar refractivity (Wildman–Crippen MR) is 91.7 cm³/mol. The van der Waals surface area contributed by atoms with E-state index < -0.39 is 30.3 Å². The fourth-order valence-corrected chi connectivity index (χ4v) is 2.49. The van der Waals surface area contributed by atoms with E-state index in [0.29, 0.717) is 11.4 Å². The number of urea groups is 1. The average Bonchev–Trinajstić information content (AvgIpc) is 2.78. The summed E-state index contributed by atoms with van der Waals surface area (Å²) < 4.78 is 0. The van der Waals surface area contributed by atoms with Gasteiger partial charge in [-0.05, 0) is 24.6 Å². The zero-order valence-corrected chi connectivity index (χ0v) is 14.9. The summed E-state index contributed by atoms with van der Waals surface area (Å²) in [5.74, 6) is -2.25. The Morgan fingerprint density at radius 3 is 2.00 bits per heavy atom. The third-order valence-electron chi connectivity index (χ3n) is 4.04. The van der Waals surface area contributed by atoms with Crippen LogP contribution < -0.4 is 4.90 Å². The highest BCUT2D eigenvalue weighted by molar-refractivity contribution is 6.45. The second kappa shape index (κ2) is 7.33. The Bertz CT molecular complexity index is 699. The molecule has 25 heavy (non-hydrogen) atoms. The van der Waals surface area contributed by atoms with Crippen LogP contribution in [0, 0.1) is 0 Å². The van der Waals surface area contributed by atoms with Crippen molar-refractivity contribution in [2.45, 2.75) is 13.5 Å². The van der Waals surface area contributed by atoms with Crippen LogP contribution in [0.15, 0.2) is 24.3 Å². The van der Waals surface area contributed by atoms with Gasteiger partial charge in [0.05, 0.1) is 0 Å². The molecule has 1 aliphatic rings. The maximum absolute atomic E-state index is 12.3. The molecule has 1 aromatic carbocycles. The van der Waals surface area contributed by atoms with Gasteiger partial charge in [-0.1, -0.05) is 12.1 Å². The first-order valence-corrected chi connectivity index (χ1v) is 7.93. The molecular weight excluding hydrogens is 324 g/mol. The summed E-state index contributed by atoms with van der Waals surface area (Å²) in [5, 5.41) is 0. The SMILES string of the molecule is CCN1C(=O)C(=O)N(CC(=O)N(C)Cc2ccc(N(C)C)cc2)C1=O. The van der Waals surface area contributed by atoms with Crippen LogP contribution in [-0.2, 0) is 20.9 Å². The van der Waals surface area contributed by atoms with E-state index in [4.69, 9.17) is 0 Å². The molecule has 0 N–H and O–H groups in total. The molecule has 134 valence electrons. The molecule has 8 nitrogen and oxygen atoms in total. The zero-order valence-electron chi connectivity index (χ0n) is 14.9. The molecule has 2 rings (SSSR count). The van der Waals surface area contributed by atoms with Gasteiger partial charge in [0.1, 0.15) is 6.54 Å². The molecule has 1 fully saturated rings. The average molecular weight is 346 g/mol. The van der Waals surface area contributed by atoms with E-state index in [1.807, 2.05) is 43.3 Å². The molecule has 8 heteroatoms. The van der Waals surface area contributed by atoms with Gasteiger partial charge in [-0.3, -0.25) is 19.3 Å². The summed E-state index contributed by atoms with van der Waals surface area (Å²) in [6.07, 6.45) is 0. The summed E-state index contributed by atoms with van der Waals surface area (Å²) in [6, 6.07) is 6.97. The van der Waals surface area contributed by atoms with Crippen molar-refractivity contribution in [3.8, 4) is 0 Å². The molecule has 0 unspecified atom stereocenters. The Labute approximate surface area is 146 Å². The first-order valence-electron chi connectivity index (χ1n) is 7.93.